The van der Waals surface area contributed by atoms with Crippen molar-refractivity contribution in [2.75, 3.05) is 36.4 Å². The molecule has 0 saturated carbocycles. The summed E-state index contributed by atoms with van der Waals surface area (Å²) >= 11 is 0. The number of benzene rings is 1. The molecule has 2 heterocycles. The minimum atomic E-state index is -4.86. The standard InChI is InChI=1S/C18H20F3N5O2/c19-18(20,21)28-15-6-2-1-5-14(15)17(27)23-8-7-22-16-11-13(12-24-25-16)26-9-3-4-10-26/h1-2,5-6,11-12H,3-4,7-10H2,(H,22,25)(H,23,27). The molecule has 7 nitrogen and oxygen atoms in total. The van der Waals surface area contributed by atoms with E-state index < -0.39 is 18.0 Å². The Morgan fingerprint density at radius 3 is 2.68 bits per heavy atom. The predicted molar refractivity (Wildman–Crippen MR) is 97.4 cm³/mol. The van der Waals surface area contributed by atoms with Crippen LogP contribution in [0, 0.1) is 0 Å². The molecule has 1 amide bonds. The smallest absolute Gasteiger partial charge is 0.405 e. The van der Waals surface area contributed by atoms with Gasteiger partial charge in [-0.05, 0) is 25.0 Å². The second-order valence-electron chi connectivity index (χ2n) is 6.22. The summed E-state index contributed by atoms with van der Waals surface area (Å²) in [5, 5.41) is 13.6. The lowest BCUT2D eigenvalue weighted by Crippen LogP contribution is -2.30. The fraction of sp³-hybridized carbons (Fsp3) is 0.389. The molecular formula is C18H20F3N5O2. The molecule has 0 radical (unpaired) electrons. The first-order chi connectivity index (χ1) is 13.4. The van der Waals surface area contributed by atoms with Gasteiger partial charge >= 0.3 is 6.36 Å². The molecule has 0 aliphatic carbocycles. The van der Waals surface area contributed by atoms with Gasteiger partial charge in [0.05, 0.1) is 17.4 Å². The van der Waals surface area contributed by atoms with E-state index in [0.717, 1.165) is 37.7 Å². The largest absolute Gasteiger partial charge is 0.573 e. The van der Waals surface area contributed by atoms with Crippen molar-refractivity contribution < 1.29 is 22.7 Å². The molecule has 0 spiro atoms. The van der Waals surface area contributed by atoms with Crippen molar-refractivity contribution in [1.82, 2.24) is 15.5 Å². The normalized spacial score (nSPS) is 14.0. The van der Waals surface area contributed by atoms with Crippen LogP contribution in [0.15, 0.2) is 36.5 Å². The minimum absolute atomic E-state index is 0.185. The summed E-state index contributed by atoms with van der Waals surface area (Å²) in [5.41, 5.74) is 0.799. The average Bonchev–Trinajstić information content (AvgIpc) is 3.19. The zero-order valence-corrected chi connectivity index (χ0v) is 15.0. The van der Waals surface area contributed by atoms with E-state index in [1.807, 2.05) is 6.07 Å². The summed E-state index contributed by atoms with van der Waals surface area (Å²) < 4.78 is 41.2. The SMILES string of the molecule is O=C(NCCNc1cc(N2CCCC2)cnn1)c1ccccc1OC(F)(F)F. The summed E-state index contributed by atoms with van der Waals surface area (Å²) in [7, 11) is 0. The molecule has 0 atom stereocenters. The predicted octanol–water partition coefficient (Wildman–Crippen LogP) is 2.82. The number of amides is 1. The Morgan fingerprint density at radius 2 is 1.93 bits per heavy atom. The number of nitrogens with zero attached hydrogens (tertiary/aromatic N) is 3. The van der Waals surface area contributed by atoms with Gasteiger partial charge in [0.2, 0.25) is 0 Å². The molecule has 1 saturated heterocycles. The van der Waals surface area contributed by atoms with E-state index in [1.165, 1.54) is 18.2 Å². The molecule has 150 valence electrons. The van der Waals surface area contributed by atoms with Crippen LogP contribution in [0.1, 0.15) is 23.2 Å². The Bertz CT molecular complexity index is 810. The molecule has 1 fully saturated rings. The minimum Gasteiger partial charge on any atom is -0.405 e. The average molecular weight is 395 g/mol. The Kier molecular flexibility index (Phi) is 6.17. The number of ether oxygens (including phenoxy) is 1. The molecule has 2 N–H and O–H groups in total. The summed E-state index contributed by atoms with van der Waals surface area (Å²) in [6, 6.07) is 7.09. The van der Waals surface area contributed by atoms with Crippen LogP contribution in [-0.2, 0) is 0 Å². The van der Waals surface area contributed by atoms with Crippen LogP contribution in [0.3, 0.4) is 0 Å². The lowest BCUT2D eigenvalue weighted by molar-refractivity contribution is -0.274. The molecule has 0 bridgehead atoms. The van der Waals surface area contributed by atoms with Crippen LogP contribution in [0.5, 0.6) is 5.75 Å². The van der Waals surface area contributed by atoms with Crippen LogP contribution in [0.4, 0.5) is 24.7 Å². The van der Waals surface area contributed by atoms with Gasteiger partial charge in [0, 0.05) is 32.2 Å². The number of rotatable bonds is 7. The molecule has 1 aliphatic rings. The van der Waals surface area contributed by atoms with Crippen molar-refractivity contribution in [3.63, 3.8) is 0 Å². The first-order valence-corrected chi connectivity index (χ1v) is 8.87. The highest BCUT2D eigenvalue weighted by Crippen LogP contribution is 2.26. The maximum absolute atomic E-state index is 12.4. The number of halogens is 3. The molecule has 2 aromatic rings. The van der Waals surface area contributed by atoms with Crippen molar-refractivity contribution >= 4 is 17.4 Å². The molecule has 1 aliphatic heterocycles. The molecule has 0 unspecified atom stereocenters. The Labute approximate surface area is 159 Å². The number of para-hydroxylation sites is 1. The van der Waals surface area contributed by atoms with Gasteiger partial charge < -0.3 is 20.3 Å². The Hall–Kier alpha value is -3.04. The van der Waals surface area contributed by atoms with Crippen LogP contribution in [0.2, 0.25) is 0 Å². The van der Waals surface area contributed by atoms with E-state index in [0.29, 0.717) is 12.4 Å². The zero-order valence-electron chi connectivity index (χ0n) is 15.0. The quantitative estimate of drug-likeness (QED) is 0.702. The second-order valence-corrected chi connectivity index (χ2v) is 6.22. The van der Waals surface area contributed by atoms with Gasteiger partial charge in [-0.1, -0.05) is 12.1 Å². The van der Waals surface area contributed by atoms with Crippen molar-refractivity contribution in [3.05, 3.63) is 42.1 Å². The lowest BCUT2D eigenvalue weighted by Gasteiger charge is -2.17. The van der Waals surface area contributed by atoms with Gasteiger partial charge in [0.25, 0.3) is 5.91 Å². The number of carbonyl (C=O) groups excluding carboxylic acids is 1. The van der Waals surface area contributed by atoms with E-state index in [9.17, 15) is 18.0 Å². The third-order valence-electron chi connectivity index (χ3n) is 4.19. The first-order valence-electron chi connectivity index (χ1n) is 8.87. The molecule has 1 aromatic carbocycles. The number of hydrogen-bond acceptors (Lipinski definition) is 6. The Balaban J connectivity index is 1.51. The van der Waals surface area contributed by atoms with Gasteiger partial charge in [-0.25, -0.2) is 0 Å². The van der Waals surface area contributed by atoms with Gasteiger partial charge in [-0.15, -0.1) is 18.3 Å². The number of anilines is 2. The highest BCUT2D eigenvalue weighted by molar-refractivity contribution is 5.96. The fourth-order valence-electron chi connectivity index (χ4n) is 2.92. The zero-order chi connectivity index (χ0) is 20.0. The van der Waals surface area contributed by atoms with Gasteiger partial charge in [-0.2, -0.15) is 5.10 Å². The Morgan fingerprint density at radius 1 is 1.18 bits per heavy atom. The third kappa shape index (κ3) is 5.48. The summed E-state index contributed by atoms with van der Waals surface area (Å²) in [4.78, 5) is 14.4. The number of hydrogen-bond donors (Lipinski definition) is 2. The summed E-state index contributed by atoms with van der Waals surface area (Å²) in [6.07, 6.45) is -0.861. The summed E-state index contributed by atoms with van der Waals surface area (Å²) in [5.74, 6) is -0.623. The van der Waals surface area contributed by atoms with E-state index in [2.05, 4.69) is 30.5 Å². The van der Waals surface area contributed by atoms with Crippen molar-refractivity contribution in [2.45, 2.75) is 19.2 Å². The van der Waals surface area contributed by atoms with E-state index in [4.69, 9.17) is 0 Å². The topological polar surface area (TPSA) is 79.4 Å². The molecule has 3 rings (SSSR count). The maximum Gasteiger partial charge on any atom is 0.573 e. The molecular weight excluding hydrogens is 375 g/mol. The maximum atomic E-state index is 12.4. The molecule has 28 heavy (non-hydrogen) atoms. The first kappa shape index (κ1) is 19.7. The number of nitrogens with one attached hydrogen (secondary N) is 2. The van der Waals surface area contributed by atoms with Crippen LogP contribution in [0.25, 0.3) is 0 Å². The number of alkyl halides is 3. The second kappa shape index (κ2) is 8.77. The van der Waals surface area contributed by atoms with Crippen molar-refractivity contribution in [3.8, 4) is 5.75 Å². The van der Waals surface area contributed by atoms with Crippen molar-refractivity contribution in [1.29, 1.82) is 0 Å². The lowest BCUT2D eigenvalue weighted by atomic mass is 10.2. The number of aromatic nitrogens is 2. The van der Waals surface area contributed by atoms with E-state index in [1.54, 1.807) is 6.20 Å². The van der Waals surface area contributed by atoms with Crippen molar-refractivity contribution in [2.24, 2.45) is 0 Å². The molecule has 10 heteroatoms. The highest BCUT2D eigenvalue weighted by Gasteiger charge is 2.32. The van der Waals surface area contributed by atoms with E-state index in [-0.39, 0.29) is 12.1 Å². The van der Waals surface area contributed by atoms with Gasteiger partial charge in [0.15, 0.2) is 5.82 Å². The number of carbonyl (C=O) groups is 1. The van der Waals surface area contributed by atoms with E-state index >= 15 is 0 Å². The molecule has 1 aromatic heterocycles. The van der Waals surface area contributed by atoms with Gasteiger partial charge in [-0.3, -0.25) is 4.79 Å². The summed E-state index contributed by atoms with van der Waals surface area (Å²) in [6.45, 7) is 2.50. The highest BCUT2D eigenvalue weighted by atomic mass is 19.4. The fourth-order valence-corrected chi connectivity index (χ4v) is 2.92. The van der Waals surface area contributed by atoms with Crippen LogP contribution in [-0.4, -0.2) is 48.6 Å². The van der Waals surface area contributed by atoms with Crippen LogP contribution >= 0.6 is 0 Å². The van der Waals surface area contributed by atoms with Crippen LogP contribution < -0.4 is 20.3 Å². The third-order valence-corrected chi connectivity index (χ3v) is 4.19. The monoisotopic (exact) mass is 395 g/mol. The van der Waals surface area contributed by atoms with Gasteiger partial charge in [0.1, 0.15) is 5.75 Å².